The van der Waals surface area contributed by atoms with Gasteiger partial charge in [-0.2, -0.15) is 13.2 Å². The lowest BCUT2D eigenvalue weighted by Crippen LogP contribution is -2.36. The molecule has 1 aliphatic rings. The second-order valence-corrected chi connectivity index (χ2v) is 5.92. The number of rotatable bonds is 4. The second-order valence-electron chi connectivity index (χ2n) is 5.92. The molecule has 25 heavy (non-hydrogen) atoms. The van der Waals surface area contributed by atoms with Gasteiger partial charge in [0, 0.05) is 30.8 Å². The van der Waals surface area contributed by atoms with Crippen LogP contribution in [0.15, 0.2) is 48.5 Å². The monoisotopic (exact) mass is 349 g/mol. The van der Waals surface area contributed by atoms with Gasteiger partial charge < -0.3 is 4.74 Å². The lowest BCUT2D eigenvalue weighted by Gasteiger charge is -2.27. The molecule has 0 aliphatic carbocycles. The van der Waals surface area contributed by atoms with Gasteiger partial charge in [0.05, 0.1) is 18.8 Å². The molecule has 0 spiro atoms. The fourth-order valence-corrected chi connectivity index (χ4v) is 2.95. The third-order valence-corrected chi connectivity index (χ3v) is 4.24. The van der Waals surface area contributed by atoms with Crippen LogP contribution in [0.4, 0.5) is 13.2 Å². The summed E-state index contributed by atoms with van der Waals surface area (Å²) in [5, 5.41) is 0. The van der Waals surface area contributed by atoms with E-state index in [0.717, 1.165) is 24.7 Å². The van der Waals surface area contributed by atoms with Crippen LogP contribution in [0.5, 0.6) is 0 Å². The van der Waals surface area contributed by atoms with Crippen LogP contribution in [0.1, 0.15) is 27.0 Å². The molecule has 132 valence electrons. The number of morpholine rings is 1. The molecule has 1 saturated heterocycles. The molecule has 0 amide bonds. The molecule has 1 heterocycles. The maximum Gasteiger partial charge on any atom is 0.417 e. The summed E-state index contributed by atoms with van der Waals surface area (Å²) in [5.41, 5.74) is -0.178. The Morgan fingerprint density at radius 2 is 1.56 bits per heavy atom. The van der Waals surface area contributed by atoms with Gasteiger partial charge in [0.1, 0.15) is 0 Å². The van der Waals surface area contributed by atoms with E-state index in [4.69, 9.17) is 4.74 Å². The average molecular weight is 349 g/mol. The molecule has 0 saturated carbocycles. The molecule has 0 atom stereocenters. The third kappa shape index (κ3) is 4.08. The van der Waals surface area contributed by atoms with Crippen molar-refractivity contribution in [1.29, 1.82) is 0 Å². The van der Waals surface area contributed by atoms with Crippen LogP contribution in [0.25, 0.3) is 0 Å². The Labute approximate surface area is 144 Å². The molecule has 6 heteroatoms. The molecule has 0 radical (unpaired) electrons. The smallest absolute Gasteiger partial charge is 0.379 e. The first-order chi connectivity index (χ1) is 12.0. The van der Waals surface area contributed by atoms with Gasteiger partial charge in [-0.1, -0.05) is 42.5 Å². The minimum Gasteiger partial charge on any atom is -0.379 e. The topological polar surface area (TPSA) is 29.5 Å². The lowest BCUT2D eigenvalue weighted by molar-refractivity contribution is -0.137. The van der Waals surface area contributed by atoms with Crippen molar-refractivity contribution in [2.75, 3.05) is 26.3 Å². The summed E-state index contributed by atoms with van der Waals surface area (Å²) >= 11 is 0. The van der Waals surface area contributed by atoms with E-state index in [1.165, 1.54) is 18.2 Å². The van der Waals surface area contributed by atoms with Crippen LogP contribution in [0.3, 0.4) is 0 Å². The molecule has 1 fully saturated rings. The van der Waals surface area contributed by atoms with E-state index in [1.54, 1.807) is 24.3 Å². The second kappa shape index (κ2) is 7.37. The minimum absolute atomic E-state index is 0.311. The number of ketones is 1. The maximum atomic E-state index is 13.2. The van der Waals surface area contributed by atoms with Gasteiger partial charge in [0.25, 0.3) is 0 Å². The molecule has 3 nitrogen and oxygen atoms in total. The van der Waals surface area contributed by atoms with Crippen molar-refractivity contribution in [3.05, 3.63) is 70.8 Å². The van der Waals surface area contributed by atoms with Crippen LogP contribution < -0.4 is 0 Å². The highest BCUT2D eigenvalue weighted by Crippen LogP contribution is 2.33. The van der Waals surface area contributed by atoms with E-state index < -0.39 is 17.5 Å². The Morgan fingerprint density at radius 1 is 0.960 bits per heavy atom. The molecule has 2 aromatic rings. The molecule has 0 bridgehead atoms. The Kier molecular flexibility index (Phi) is 5.20. The standard InChI is InChI=1S/C19H18F3NO2/c20-19(21,22)17-8-4-3-7-16(17)18(24)15-6-2-1-5-14(15)13-23-9-11-25-12-10-23/h1-8H,9-13H2. The Bertz CT molecular complexity index is 752. The first-order valence-electron chi connectivity index (χ1n) is 8.06. The van der Waals surface area contributed by atoms with Crippen molar-refractivity contribution in [3.8, 4) is 0 Å². The number of carbonyl (C=O) groups excluding carboxylic acids is 1. The van der Waals surface area contributed by atoms with Crippen molar-refractivity contribution < 1.29 is 22.7 Å². The molecule has 0 unspecified atom stereocenters. The van der Waals surface area contributed by atoms with Crippen molar-refractivity contribution in [2.24, 2.45) is 0 Å². The zero-order valence-electron chi connectivity index (χ0n) is 13.6. The Balaban J connectivity index is 1.93. The summed E-state index contributed by atoms with van der Waals surface area (Å²) < 4.78 is 45.0. The molecule has 3 rings (SSSR count). The van der Waals surface area contributed by atoms with Crippen molar-refractivity contribution >= 4 is 5.78 Å². The van der Waals surface area contributed by atoms with Gasteiger partial charge >= 0.3 is 6.18 Å². The fourth-order valence-electron chi connectivity index (χ4n) is 2.95. The highest BCUT2D eigenvalue weighted by Gasteiger charge is 2.35. The van der Waals surface area contributed by atoms with Crippen LogP contribution in [-0.4, -0.2) is 37.0 Å². The summed E-state index contributed by atoms with van der Waals surface area (Å²) in [4.78, 5) is 15.0. The number of hydrogen-bond donors (Lipinski definition) is 0. The quantitative estimate of drug-likeness (QED) is 0.787. The molecule has 2 aromatic carbocycles. The van der Waals surface area contributed by atoms with E-state index in [2.05, 4.69) is 4.90 Å². The van der Waals surface area contributed by atoms with Gasteiger partial charge in [-0.15, -0.1) is 0 Å². The zero-order chi connectivity index (χ0) is 17.9. The summed E-state index contributed by atoms with van der Waals surface area (Å²) in [6, 6.07) is 11.8. The molecule has 0 aromatic heterocycles. The summed E-state index contributed by atoms with van der Waals surface area (Å²) in [6.07, 6.45) is -4.56. The van der Waals surface area contributed by atoms with Gasteiger partial charge in [-0.05, 0) is 11.6 Å². The number of nitrogens with zero attached hydrogens (tertiary/aromatic N) is 1. The zero-order valence-corrected chi connectivity index (χ0v) is 13.6. The highest BCUT2D eigenvalue weighted by molar-refractivity contribution is 6.10. The van der Waals surface area contributed by atoms with E-state index in [-0.39, 0.29) is 5.56 Å². The van der Waals surface area contributed by atoms with Crippen molar-refractivity contribution in [3.63, 3.8) is 0 Å². The summed E-state index contributed by atoms with van der Waals surface area (Å²) in [5.74, 6) is -0.600. The van der Waals surface area contributed by atoms with Gasteiger partial charge in [0.2, 0.25) is 0 Å². The SMILES string of the molecule is O=C(c1ccccc1CN1CCOCC1)c1ccccc1C(F)(F)F. The number of hydrogen-bond acceptors (Lipinski definition) is 3. The van der Waals surface area contributed by atoms with Crippen LogP contribution >= 0.6 is 0 Å². The van der Waals surface area contributed by atoms with Gasteiger partial charge in [-0.25, -0.2) is 0 Å². The Morgan fingerprint density at radius 3 is 2.24 bits per heavy atom. The number of benzene rings is 2. The first-order valence-corrected chi connectivity index (χ1v) is 8.06. The summed E-state index contributed by atoms with van der Waals surface area (Å²) in [7, 11) is 0. The predicted molar refractivity (Wildman–Crippen MR) is 87.4 cm³/mol. The highest BCUT2D eigenvalue weighted by atomic mass is 19.4. The van der Waals surface area contributed by atoms with Crippen LogP contribution in [0.2, 0.25) is 0 Å². The van der Waals surface area contributed by atoms with Crippen LogP contribution in [0, 0.1) is 0 Å². The van der Waals surface area contributed by atoms with Crippen molar-refractivity contribution in [2.45, 2.75) is 12.7 Å². The predicted octanol–water partition coefficient (Wildman–Crippen LogP) is 3.77. The molecular weight excluding hydrogens is 331 g/mol. The molecular formula is C19H18F3NO2. The minimum atomic E-state index is -4.56. The van der Waals surface area contributed by atoms with E-state index in [1.807, 2.05) is 0 Å². The molecule has 1 aliphatic heterocycles. The van der Waals surface area contributed by atoms with E-state index in [9.17, 15) is 18.0 Å². The lowest BCUT2D eigenvalue weighted by atomic mass is 9.94. The number of halogens is 3. The number of ether oxygens (including phenoxy) is 1. The van der Waals surface area contributed by atoms with Gasteiger partial charge in [0.15, 0.2) is 5.78 Å². The maximum absolute atomic E-state index is 13.2. The van der Waals surface area contributed by atoms with Crippen molar-refractivity contribution in [1.82, 2.24) is 4.90 Å². The number of carbonyl (C=O) groups is 1. The van der Waals surface area contributed by atoms with Crippen LogP contribution in [-0.2, 0) is 17.5 Å². The third-order valence-electron chi connectivity index (χ3n) is 4.24. The number of alkyl halides is 3. The fraction of sp³-hybridized carbons (Fsp3) is 0.316. The Hall–Kier alpha value is -2.18. The molecule has 0 N–H and O–H groups in total. The summed E-state index contributed by atoms with van der Waals surface area (Å²) in [6.45, 7) is 3.23. The largest absolute Gasteiger partial charge is 0.417 e. The van der Waals surface area contributed by atoms with E-state index in [0.29, 0.717) is 25.3 Å². The first kappa shape index (κ1) is 17.6. The van der Waals surface area contributed by atoms with E-state index >= 15 is 0 Å². The average Bonchev–Trinajstić information content (AvgIpc) is 2.62. The normalized spacial score (nSPS) is 16.0. The van der Waals surface area contributed by atoms with Gasteiger partial charge in [-0.3, -0.25) is 9.69 Å².